The summed E-state index contributed by atoms with van der Waals surface area (Å²) >= 11 is 0. The lowest BCUT2D eigenvalue weighted by Crippen LogP contribution is -2.45. The highest BCUT2D eigenvalue weighted by molar-refractivity contribution is 7.90. The Morgan fingerprint density at radius 1 is 1.17 bits per heavy atom. The van der Waals surface area contributed by atoms with E-state index in [2.05, 4.69) is 24.7 Å². The van der Waals surface area contributed by atoms with Crippen molar-refractivity contribution in [3.63, 3.8) is 0 Å². The van der Waals surface area contributed by atoms with Gasteiger partial charge in [-0.2, -0.15) is 5.10 Å². The van der Waals surface area contributed by atoms with E-state index in [4.69, 9.17) is 0 Å². The van der Waals surface area contributed by atoms with Crippen LogP contribution in [0.15, 0.2) is 12.5 Å². The molecule has 1 aliphatic carbocycles. The minimum absolute atomic E-state index is 0.0306. The topological polar surface area (TPSA) is 93.0 Å². The summed E-state index contributed by atoms with van der Waals surface area (Å²) in [6.45, 7) is 1.55. The highest BCUT2D eigenvalue weighted by atomic mass is 32.2. The fourth-order valence-corrected chi connectivity index (χ4v) is 4.77. The zero-order valence-corrected chi connectivity index (χ0v) is 13.8. The predicted octanol–water partition coefficient (Wildman–Crippen LogP) is 0.414. The maximum atomic E-state index is 12.0. The second-order valence-electron chi connectivity index (χ2n) is 6.33. The van der Waals surface area contributed by atoms with E-state index in [1.807, 2.05) is 7.05 Å². The van der Waals surface area contributed by atoms with Gasteiger partial charge in [0, 0.05) is 26.2 Å². The first-order valence-corrected chi connectivity index (χ1v) is 9.48. The summed E-state index contributed by atoms with van der Waals surface area (Å²) in [6, 6.07) is 0.0306. The summed E-state index contributed by atoms with van der Waals surface area (Å²) in [5.41, 5.74) is 0.812. The zero-order valence-electron chi connectivity index (χ0n) is 13.0. The lowest BCUT2D eigenvalue weighted by atomic mass is 10.1. The lowest BCUT2D eigenvalue weighted by Gasteiger charge is -2.33. The number of fused-ring (bicyclic) bond motifs is 1. The number of hydrogen-bond donors (Lipinski definition) is 1. The molecule has 0 unspecified atom stereocenters. The molecule has 0 atom stereocenters. The average Bonchev–Trinajstić information content (AvgIpc) is 3.33. The molecule has 0 aromatic carbocycles. The van der Waals surface area contributed by atoms with Gasteiger partial charge in [-0.15, -0.1) is 0 Å². The third-order valence-electron chi connectivity index (χ3n) is 4.60. The van der Waals surface area contributed by atoms with Crippen molar-refractivity contribution >= 4 is 26.9 Å². The SMILES string of the molecule is Cn1ncc2c(N3CCC(NS(=O)(=O)C4CC4)CC3)ncnc21. The summed E-state index contributed by atoms with van der Waals surface area (Å²) < 4.78 is 28.7. The standard InChI is InChI=1S/C14H20N6O2S/c1-19-13-12(8-17-19)14(16-9-15-13)20-6-4-10(5-7-20)18-23(21,22)11-2-3-11/h8-11,18H,2-7H2,1H3. The van der Waals surface area contributed by atoms with Gasteiger partial charge in [0.25, 0.3) is 0 Å². The molecule has 0 radical (unpaired) electrons. The number of aromatic nitrogens is 4. The van der Waals surface area contributed by atoms with E-state index in [0.717, 1.165) is 55.6 Å². The summed E-state index contributed by atoms with van der Waals surface area (Å²) in [5, 5.41) is 5.02. The Bertz CT molecular complexity index is 821. The molecule has 1 saturated carbocycles. The van der Waals surface area contributed by atoms with E-state index in [-0.39, 0.29) is 11.3 Å². The minimum atomic E-state index is -3.11. The number of piperidine rings is 1. The summed E-state index contributed by atoms with van der Waals surface area (Å²) in [5.74, 6) is 0.881. The average molecular weight is 336 g/mol. The Labute approximate surface area is 135 Å². The van der Waals surface area contributed by atoms with Crippen LogP contribution in [0.2, 0.25) is 0 Å². The maximum absolute atomic E-state index is 12.0. The lowest BCUT2D eigenvalue weighted by molar-refractivity contribution is 0.458. The quantitative estimate of drug-likeness (QED) is 0.869. The summed E-state index contributed by atoms with van der Waals surface area (Å²) in [7, 11) is -1.25. The zero-order chi connectivity index (χ0) is 16.0. The molecule has 2 aromatic rings. The number of aryl methyl sites for hydroxylation is 1. The monoisotopic (exact) mass is 336 g/mol. The second kappa shape index (κ2) is 5.41. The number of nitrogens with one attached hydrogen (secondary N) is 1. The first kappa shape index (κ1) is 14.8. The van der Waals surface area contributed by atoms with Crippen molar-refractivity contribution in [2.24, 2.45) is 7.05 Å². The van der Waals surface area contributed by atoms with Crippen LogP contribution in [0.1, 0.15) is 25.7 Å². The normalized spacial score (nSPS) is 20.3. The van der Waals surface area contributed by atoms with Crippen molar-refractivity contribution in [2.45, 2.75) is 37.0 Å². The van der Waals surface area contributed by atoms with Crippen molar-refractivity contribution in [2.75, 3.05) is 18.0 Å². The van der Waals surface area contributed by atoms with Crippen LogP contribution in [-0.4, -0.2) is 52.5 Å². The molecule has 1 N–H and O–H groups in total. The van der Waals surface area contributed by atoms with Crippen molar-refractivity contribution in [1.82, 2.24) is 24.5 Å². The van der Waals surface area contributed by atoms with Gasteiger partial charge in [0.1, 0.15) is 12.1 Å². The number of anilines is 1. The van der Waals surface area contributed by atoms with Gasteiger partial charge in [-0.1, -0.05) is 0 Å². The predicted molar refractivity (Wildman–Crippen MR) is 86.6 cm³/mol. The van der Waals surface area contributed by atoms with Crippen molar-refractivity contribution in [1.29, 1.82) is 0 Å². The van der Waals surface area contributed by atoms with E-state index < -0.39 is 10.0 Å². The number of nitrogens with zero attached hydrogens (tertiary/aromatic N) is 5. The van der Waals surface area contributed by atoms with E-state index >= 15 is 0 Å². The van der Waals surface area contributed by atoms with Crippen LogP contribution < -0.4 is 9.62 Å². The Morgan fingerprint density at radius 2 is 1.91 bits per heavy atom. The molecule has 3 heterocycles. The van der Waals surface area contributed by atoms with Crippen molar-refractivity contribution in [3.05, 3.63) is 12.5 Å². The van der Waals surface area contributed by atoms with Gasteiger partial charge in [0.05, 0.1) is 16.8 Å². The summed E-state index contributed by atoms with van der Waals surface area (Å²) in [6.07, 6.45) is 6.52. The fourth-order valence-electron chi connectivity index (χ4n) is 3.12. The molecule has 124 valence electrons. The molecule has 2 aromatic heterocycles. The molecule has 0 spiro atoms. The van der Waals surface area contributed by atoms with E-state index in [1.165, 1.54) is 0 Å². The van der Waals surface area contributed by atoms with Crippen molar-refractivity contribution < 1.29 is 8.42 Å². The van der Waals surface area contributed by atoms with Gasteiger partial charge in [0.15, 0.2) is 5.65 Å². The highest BCUT2D eigenvalue weighted by Crippen LogP contribution is 2.29. The number of rotatable bonds is 4. The van der Waals surface area contributed by atoms with Gasteiger partial charge >= 0.3 is 0 Å². The Morgan fingerprint density at radius 3 is 2.61 bits per heavy atom. The highest BCUT2D eigenvalue weighted by Gasteiger charge is 2.37. The van der Waals surface area contributed by atoms with E-state index in [1.54, 1.807) is 17.2 Å². The van der Waals surface area contributed by atoms with Crippen LogP contribution in [0, 0.1) is 0 Å². The first-order chi connectivity index (χ1) is 11.0. The molecule has 8 nitrogen and oxygen atoms in total. The number of sulfonamides is 1. The molecule has 23 heavy (non-hydrogen) atoms. The Balaban J connectivity index is 1.46. The van der Waals surface area contributed by atoms with Crippen LogP contribution in [0.5, 0.6) is 0 Å². The smallest absolute Gasteiger partial charge is 0.214 e. The molecule has 0 bridgehead atoms. The first-order valence-electron chi connectivity index (χ1n) is 7.93. The molecule has 0 amide bonds. The van der Waals surface area contributed by atoms with Gasteiger partial charge in [0.2, 0.25) is 10.0 Å². The largest absolute Gasteiger partial charge is 0.356 e. The molecule has 9 heteroatoms. The Hall–Kier alpha value is -1.74. The minimum Gasteiger partial charge on any atom is -0.356 e. The molecular weight excluding hydrogens is 316 g/mol. The van der Waals surface area contributed by atoms with Crippen LogP contribution in [0.4, 0.5) is 5.82 Å². The molecular formula is C14H20N6O2S. The third kappa shape index (κ3) is 2.78. The van der Waals surface area contributed by atoms with E-state index in [9.17, 15) is 8.42 Å². The van der Waals surface area contributed by atoms with Crippen LogP contribution in [0.25, 0.3) is 11.0 Å². The van der Waals surface area contributed by atoms with Gasteiger partial charge in [-0.05, 0) is 25.7 Å². The third-order valence-corrected chi connectivity index (χ3v) is 6.61. The molecule has 4 rings (SSSR count). The van der Waals surface area contributed by atoms with Gasteiger partial charge in [-0.25, -0.2) is 23.1 Å². The second-order valence-corrected chi connectivity index (χ2v) is 8.32. The van der Waals surface area contributed by atoms with Crippen LogP contribution in [-0.2, 0) is 17.1 Å². The summed E-state index contributed by atoms with van der Waals surface area (Å²) in [4.78, 5) is 10.8. The van der Waals surface area contributed by atoms with Gasteiger partial charge in [-0.3, -0.25) is 4.68 Å². The fraction of sp³-hybridized carbons (Fsp3) is 0.643. The molecule has 2 fully saturated rings. The van der Waals surface area contributed by atoms with Crippen LogP contribution in [0.3, 0.4) is 0 Å². The van der Waals surface area contributed by atoms with Crippen molar-refractivity contribution in [3.8, 4) is 0 Å². The molecule has 1 aliphatic heterocycles. The molecule has 1 saturated heterocycles. The van der Waals surface area contributed by atoms with Gasteiger partial charge < -0.3 is 4.90 Å². The number of hydrogen-bond acceptors (Lipinski definition) is 6. The molecule has 2 aliphatic rings. The van der Waals surface area contributed by atoms with E-state index in [0.29, 0.717) is 0 Å². The maximum Gasteiger partial charge on any atom is 0.214 e. The van der Waals surface area contributed by atoms with Crippen LogP contribution >= 0.6 is 0 Å². The Kier molecular flexibility index (Phi) is 3.49.